The normalized spacial score (nSPS) is 19.2. The molecule has 30 heavy (non-hydrogen) atoms. The molecule has 0 aromatic heterocycles. The molecule has 8 nitrogen and oxygen atoms in total. The molecule has 1 heterocycles. The highest BCUT2D eigenvalue weighted by molar-refractivity contribution is 6.00. The maximum absolute atomic E-state index is 12.9. The first-order chi connectivity index (χ1) is 14.5. The summed E-state index contributed by atoms with van der Waals surface area (Å²) >= 11 is 0. The zero-order chi connectivity index (χ0) is 21.5. The highest BCUT2D eigenvalue weighted by Crippen LogP contribution is 2.29. The molecule has 1 aromatic carbocycles. The van der Waals surface area contributed by atoms with Crippen LogP contribution >= 0.6 is 0 Å². The van der Waals surface area contributed by atoms with Gasteiger partial charge in [-0.2, -0.15) is 0 Å². The van der Waals surface area contributed by atoms with E-state index < -0.39 is 17.9 Å². The highest BCUT2D eigenvalue weighted by Gasteiger charge is 2.37. The van der Waals surface area contributed by atoms with Gasteiger partial charge in [0.15, 0.2) is 0 Å². The zero-order valence-electron chi connectivity index (χ0n) is 17.3. The third-order valence-electron chi connectivity index (χ3n) is 5.81. The van der Waals surface area contributed by atoms with E-state index in [9.17, 15) is 19.2 Å². The minimum atomic E-state index is -0.545. The van der Waals surface area contributed by atoms with Gasteiger partial charge in [-0.15, -0.1) is 0 Å². The SMILES string of the molecule is COC(=O)CNC(=O)c1cccc(NC(=O)C2CCCN2C(=O)C2CCCCC2)c1. The molecule has 2 N–H and O–H groups in total. The molecule has 0 radical (unpaired) electrons. The van der Waals surface area contributed by atoms with Crippen molar-refractivity contribution in [2.24, 2.45) is 5.92 Å². The van der Waals surface area contributed by atoms with E-state index in [4.69, 9.17) is 0 Å². The summed E-state index contributed by atoms with van der Waals surface area (Å²) in [4.78, 5) is 50.9. The second-order valence-electron chi connectivity index (χ2n) is 7.85. The van der Waals surface area contributed by atoms with Gasteiger partial charge in [-0.1, -0.05) is 25.3 Å². The molecule has 1 saturated carbocycles. The van der Waals surface area contributed by atoms with Crippen LogP contribution in [0.25, 0.3) is 0 Å². The van der Waals surface area contributed by atoms with Gasteiger partial charge >= 0.3 is 5.97 Å². The summed E-state index contributed by atoms with van der Waals surface area (Å²) in [5.41, 5.74) is 0.793. The van der Waals surface area contributed by atoms with Gasteiger partial charge in [0.2, 0.25) is 11.8 Å². The van der Waals surface area contributed by atoms with Crippen LogP contribution in [-0.2, 0) is 19.1 Å². The first-order valence-electron chi connectivity index (χ1n) is 10.6. The molecule has 0 bridgehead atoms. The lowest BCUT2D eigenvalue weighted by atomic mass is 9.88. The Bertz CT molecular complexity index is 804. The Balaban J connectivity index is 1.61. The van der Waals surface area contributed by atoms with Crippen LogP contribution in [0.5, 0.6) is 0 Å². The van der Waals surface area contributed by atoms with Crippen molar-refractivity contribution >= 4 is 29.4 Å². The van der Waals surface area contributed by atoms with Crippen molar-refractivity contribution in [2.45, 2.75) is 51.0 Å². The van der Waals surface area contributed by atoms with Crippen molar-refractivity contribution in [1.29, 1.82) is 0 Å². The largest absolute Gasteiger partial charge is 0.468 e. The summed E-state index contributed by atoms with van der Waals surface area (Å²) in [6.07, 6.45) is 6.60. The first kappa shape index (κ1) is 21.8. The van der Waals surface area contributed by atoms with E-state index in [0.29, 0.717) is 24.2 Å². The molecule has 1 unspecified atom stereocenters. The second-order valence-corrected chi connectivity index (χ2v) is 7.85. The van der Waals surface area contributed by atoms with Gasteiger partial charge < -0.3 is 20.3 Å². The fourth-order valence-corrected chi connectivity index (χ4v) is 4.18. The monoisotopic (exact) mass is 415 g/mol. The minimum Gasteiger partial charge on any atom is -0.468 e. The van der Waals surface area contributed by atoms with Crippen molar-refractivity contribution in [1.82, 2.24) is 10.2 Å². The number of carbonyl (C=O) groups excluding carboxylic acids is 4. The smallest absolute Gasteiger partial charge is 0.325 e. The number of nitrogens with one attached hydrogen (secondary N) is 2. The van der Waals surface area contributed by atoms with E-state index in [-0.39, 0.29) is 24.3 Å². The lowest BCUT2D eigenvalue weighted by molar-refractivity contribution is -0.141. The Morgan fingerprint density at radius 3 is 2.57 bits per heavy atom. The number of benzene rings is 1. The molecule has 1 aliphatic carbocycles. The van der Waals surface area contributed by atoms with Crippen LogP contribution in [-0.4, -0.2) is 54.8 Å². The molecule has 1 saturated heterocycles. The number of amides is 3. The number of nitrogens with zero attached hydrogens (tertiary/aromatic N) is 1. The third-order valence-corrected chi connectivity index (χ3v) is 5.81. The number of hydrogen-bond donors (Lipinski definition) is 2. The van der Waals surface area contributed by atoms with Crippen LogP contribution in [0.3, 0.4) is 0 Å². The quantitative estimate of drug-likeness (QED) is 0.693. The van der Waals surface area contributed by atoms with E-state index >= 15 is 0 Å². The minimum absolute atomic E-state index is 0.0361. The molecular weight excluding hydrogens is 386 g/mol. The molecule has 3 amide bonds. The number of anilines is 1. The lowest BCUT2D eigenvalue weighted by Gasteiger charge is -2.30. The van der Waals surface area contributed by atoms with Crippen molar-refractivity contribution in [2.75, 3.05) is 25.5 Å². The van der Waals surface area contributed by atoms with Crippen LogP contribution in [0.1, 0.15) is 55.3 Å². The van der Waals surface area contributed by atoms with Gasteiger partial charge in [0, 0.05) is 23.7 Å². The molecule has 1 atom stereocenters. The Labute approximate surface area is 176 Å². The molecule has 1 aromatic rings. The predicted molar refractivity (Wildman–Crippen MR) is 111 cm³/mol. The average Bonchev–Trinajstić information content (AvgIpc) is 3.27. The maximum atomic E-state index is 12.9. The second kappa shape index (κ2) is 10.2. The maximum Gasteiger partial charge on any atom is 0.325 e. The van der Waals surface area contributed by atoms with E-state index in [1.165, 1.54) is 13.5 Å². The van der Waals surface area contributed by atoms with Gasteiger partial charge in [-0.25, -0.2) is 0 Å². The van der Waals surface area contributed by atoms with Crippen LogP contribution < -0.4 is 10.6 Å². The topological polar surface area (TPSA) is 105 Å². The summed E-state index contributed by atoms with van der Waals surface area (Å²) in [6, 6.07) is 6.01. The number of esters is 1. The predicted octanol–water partition coefficient (Wildman–Crippen LogP) is 2.10. The lowest BCUT2D eigenvalue weighted by Crippen LogP contribution is -2.46. The molecular formula is C22H29N3O5. The summed E-state index contributed by atoms with van der Waals surface area (Å²) in [6.45, 7) is 0.385. The van der Waals surface area contributed by atoms with E-state index in [1.807, 2.05) is 0 Å². The van der Waals surface area contributed by atoms with Gasteiger partial charge in [0.05, 0.1) is 7.11 Å². The standard InChI is InChI=1S/C22H29N3O5/c1-30-19(26)14-23-20(27)16-9-5-10-17(13-16)24-21(28)18-11-6-12-25(18)22(29)15-7-3-2-4-8-15/h5,9-10,13,15,18H,2-4,6-8,11-12,14H2,1H3,(H,23,27)(H,24,28). The third kappa shape index (κ3) is 5.37. The number of rotatable bonds is 6. The zero-order valence-corrected chi connectivity index (χ0v) is 17.3. The fraction of sp³-hybridized carbons (Fsp3) is 0.545. The van der Waals surface area contributed by atoms with Gasteiger partial charge in [-0.3, -0.25) is 19.2 Å². The molecule has 3 rings (SSSR count). The van der Waals surface area contributed by atoms with Crippen molar-refractivity contribution in [3.8, 4) is 0 Å². The van der Waals surface area contributed by atoms with Crippen molar-refractivity contribution < 1.29 is 23.9 Å². The van der Waals surface area contributed by atoms with Gasteiger partial charge in [-0.05, 0) is 43.9 Å². The summed E-state index contributed by atoms with van der Waals surface area (Å²) in [5.74, 6) is -1.08. The van der Waals surface area contributed by atoms with E-state index in [0.717, 1.165) is 32.1 Å². The van der Waals surface area contributed by atoms with Gasteiger partial charge in [0.25, 0.3) is 5.91 Å². The fourth-order valence-electron chi connectivity index (χ4n) is 4.18. The molecule has 2 fully saturated rings. The number of likely N-dealkylation sites (tertiary alicyclic amines) is 1. The molecule has 8 heteroatoms. The highest BCUT2D eigenvalue weighted by atomic mass is 16.5. The Hall–Kier alpha value is -2.90. The average molecular weight is 415 g/mol. The van der Waals surface area contributed by atoms with Crippen LogP contribution in [0.4, 0.5) is 5.69 Å². The Morgan fingerprint density at radius 1 is 1.07 bits per heavy atom. The Kier molecular flexibility index (Phi) is 7.43. The van der Waals surface area contributed by atoms with E-state index in [1.54, 1.807) is 29.2 Å². The van der Waals surface area contributed by atoms with Crippen LogP contribution in [0.15, 0.2) is 24.3 Å². The molecule has 0 spiro atoms. The van der Waals surface area contributed by atoms with Gasteiger partial charge in [0.1, 0.15) is 12.6 Å². The number of hydrogen-bond acceptors (Lipinski definition) is 5. The number of ether oxygens (including phenoxy) is 1. The van der Waals surface area contributed by atoms with Crippen LogP contribution in [0, 0.1) is 5.92 Å². The van der Waals surface area contributed by atoms with E-state index in [2.05, 4.69) is 15.4 Å². The summed E-state index contributed by atoms with van der Waals surface area (Å²) in [5, 5.41) is 5.30. The van der Waals surface area contributed by atoms with Crippen molar-refractivity contribution in [3.05, 3.63) is 29.8 Å². The molecule has 2 aliphatic rings. The summed E-state index contributed by atoms with van der Waals surface area (Å²) in [7, 11) is 1.25. The first-order valence-corrected chi connectivity index (χ1v) is 10.6. The summed E-state index contributed by atoms with van der Waals surface area (Å²) < 4.78 is 4.50. The number of methoxy groups -OCH3 is 1. The number of carbonyl (C=O) groups is 4. The van der Waals surface area contributed by atoms with Crippen LogP contribution in [0.2, 0.25) is 0 Å². The van der Waals surface area contributed by atoms with Crippen molar-refractivity contribution in [3.63, 3.8) is 0 Å². The molecule has 1 aliphatic heterocycles. The Morgan fingerprint density at radius 2 is 1.83 bits per heavy atom. The molecule has 162 valence electrons.